The minimum absolute atomic E-state index is 0.0504. The van der Waals surface area contributed by atoms with Gasteiger partial charge >= 0.3 is 0 Å². The van der Waals surface area contributed by atoms with Crippen molar-refractivity contribution in [2.24, 2.45) is 11.3 Å². The molecule has 2 heterocycles. The molecule has 0 bridgehead atoms. The number of aryl methyl sites for hydroxylation is 2. The van der Waals surface area contributed by atoms with Gasteiger partial charge in [-0.15, -0.1) is 0 Å². The van der Waals surface area contributed by atoms with Gasteiger partial charge in [0.1, 0.15) is 0 Å². The van der Waals surface area contributed by atoms with Gasteiger partial charge in [0.2, 0.25) is 11.8 Å². The van der Waals surface area contributed by atoms with Crippen molar-refractivity contribution in [2.75, 3.05) is 32.0 Å². The Bertz CT molecular complexity index is 762. The summed E-state index contributed by atoms with van der Waals surface area (Å²) in [6, 6.07) is 6.23. The Morgan fingerprint density at radius 3 is 2.38 bits per heavy atom. The number of hydrogen-bond donors (Lipinski definition) is 1. The number of carbonyl (C=O) groups is 2. The SMILES string of the molecule is Cc1cc(C)cc(NC(=O)[C@@H]2CC23CCN(C(=O)[C@H]2CCCCCN2C)CC3)c1. The summed E-state index contributed by atoms with van der Waals surface area (Å²) in [4.78, 5) is 30.2. The van der Waals surface area contributed by atoms with Crippen LogP contribution in [0.3, 0.4) is 0 Å². The van der Waals surface area contributed by atoms with Crippen LogP contribution in [0.4, 0.5) is 5.69 Å². The molecule has 5 heteroatoms. The van der Waals surface area contributed by atoms with Gasteiger partial charge < -0.3 is 10.2 Å². The second-order valence-corrected chi connectivity index (χ2v) is 9.66. The number of likely N-dealkylation sites (N-methyl/N-ethyl adjacent to an activating group) is 1. The highest BCUT2D eigenvalue weighted by Crippen LogP contribution is 2.59. The van der Waals surface area contributed by atoms with Crippen LogP contribution in [0.1, 0.15) is 56.1 Å². The van der Waals surface area contributed by atoms with E-state index in [4.69, 9.17) is 0 Å². The fourth-order valence-electron chi connectivity index (χ4n) is 5.49. The van der Waals surface area contributed by atoms with Crippen molar-refractivity contribution in [3.63, 3.8) is 0 Å². The summed E-state index contributed by atoms with van der Waals surface area (Å²) in [5.74, 6) is 0.556. The predicted molar refractivity (Wildman–Crippen MR) is 116 cm³/mol. The van der Waals surface area contributed by atoms with E-state index in [2.05, 4.69) is 42.1 Å². The molecule has 1 aliphatic carbocycles. The topological polar surface area (TPSA) is 52.7 Å². The van der Waals surface area contributed by atoms with Gasteiger partial charge in [-0.3, -0.25) is 14.5 Å². The van der Waals surface area contributed by atoms with Crippen LogP contribution in [-0.4, -0.2) is 54.3 Å². The second-order valence-electron chi connectivity index (χ2n) is 9.66. The van der Waals surface area contributed by atoms with Gasteiger partial charge in [0.05, 0.1) is 6.04 Å². The van der Waals surface area contributed by atoms with E-state index in [1.54, 1.807) is 0 Å². The molecule has 5 nitrogen and oxygen atoms in total. The largest absolute Gasteiger partial charge is 0.341 e. The number of nitrogens with zero attached hydrogens (tertiary/aromatic N) is 2. The molecule has 1 saturated carbocycles. The summed E-state index contributed by atoms with van der Waals surface area (Å²) >= 11 is 0. The van der Waals surface area contributed by atoms with E-state index in [1.807, 2.05) is 12.1 Å². The quantitative estimate of drug-likeness (QED) is 0.845. The zero-order chi connectivity index (χ0) is 20.6. The van der Waals surface area contributed by atoms with Crippen LogP contribution in [0, 0.1) is 25.2 Å². The van der Waals surface area contributed by atoms with E-state index < -0.39 is 0 Å². The maximum Gasteiger partial charge on any atom is 0.239 e. The molecule has 158 valence electrons. The first-order valence-electron chi connectivity index (χ1n) is 11.3. The van der Waals surface area contributed by atoms with Crippen LogP contribution >= 0.6 is 0 Å². The molecule has 1 aromatic carbocycles. The Labute approximate surface area is 174 Å². The number of hydrogen-bond acceptors (Lipinski definition) is 3. The first-order chi connectivity index (χ1) is 13.9. The lowest BCUT2D eigenvalue weighted by Gasteiger charge is -2.37. The summed E-state index contributed by atoms with van der Waals surface area (Å²) in [6.07, 6.45) is 7.45. The van der Waals surface area contributed by atoms with E-state index in [0.29, 0.717) is 5.91 Å². The average Bonchev–Trinajstić information content (AvgIpc) is 3.41. The lowest BCUT2D eigenvalue weighted by atomic mass is 9.90. The molecule has 0 aromatic heterocycles. The third-order valence-corrected chi connectivity index (χ3v) is 7.37. The van der Waals surface area contributed by atoms with Gasteiger partial charge in [-0.2, -0.15) is 0 Å². The van der Waals surface area contributed by atoms with Gasteiger partial charge in [-0.25, -0.2) is 0 Å². The van der Waals surface area contributed by atoms with Gasteiger partial charge in [0.25, 0.3) is 0 Å². The van der Waals surface area contributed by atoms with Crippen LogP contribution < -0.4 is 5.32 Å². The van der Waals surface area contributed by atoms with E-state index in [1.165, 1.54) is 24.0 Å². The van der Waals surface area contributed by atoms with Crippen molar-refractivity contribution in [3.05, 3.63) is 29.3 Å². The Kier molecular flexibility index (Phi) is 5.69. The summed E-state index contributed by atoms with van der Waals surface area (Å²) in [5, 5.41) is 3.13. The normalized spacial score (nSPS) is 26.8. The molecule has 2 saturated heterocycles. The van der Waals surface area contributed by atoms with Crippen LogP contribution in [0.15, 0.2) is 18.2 Å². The van der Waals surface area contributed by atoms with Crippen LogP contribution in [0.2, 0.25) is 0 Å². The molecular weight excluding hydrogens is 362 g/mol. The molecule has 1 N–H and O–H groups in total. The number of amides is 2. The average molecular weight is 398 g/mol. The summed E-state index contributed by atoms with van der Waals surface area (Å²) in [7, 11) is 2.09. The third-order valence-electron chi connectivity index (χ3n) is 7.37. The highest BCUT2D eigenvalue weighted by Gasteiger charge is 2.58. The van der Waals surface area contributed by atoms with Gasteiger partial charge in [-0.1, -0.05) is 18.9 Å². The van der Waals surface area contributed by atoms with Crippen LogP contribution in [-0.2, 0) is 9.59 Å². The van der Waals surface area contributed by atoms with E-state index >= 15 is 0 Å². The first kappa shape index (κ1) is 20.4. The Balaban J connectivity index is 1.31. The molecule has 2 aliphatic heterocycles. The van der Waals surface area contributed by atoms with Crippen molar-refractivity contribution < 1.29 is 9.59 Å². The van der Waals surface area contributed by atoms with Gasteiger partial charge in [0.15, 0.2) is 0 Å². The zero-order valence-electron chi connectivity index (χ0n) is 18.2. The van der Waals surface area contributed by atoms with E-state index in [0.717, 1.165) is 57.4 Å². The molecule has 3 fully saturated rings. The van der Waals surface area contributed by atoms with Crippen molar-refractivity contribution in [2.45, 2.75) is 64.8 Å². The van der Waals surface area contributed by atoms with Gasteiger partial charge in [0, 0.05) is 24.7 Å². The highest BCUT2D eigenvalue weighted by atomic mass is 16.2. The van der Waals surface area contributed by atoms with E-state index in [9.17, 15) is 9.59 Å². The Morgan fingerprint density at radius 1 is 1.00 bits per heavy atom. The maximum absolute atomic E-state index is 13.1. The first-order valence-corrected chi connectivity index (χ1v) is 11.3. The molecule has 2 amide bonds. The lowest BCUT2D eigenvalue weighted by molar-refractivity contribution is -0.138. The highest BCUT2D eigenvalue weighted by molar-refractivity contribution is 5.95. The molecule has 0 unspecified atom stereocenters. The smallest absolute Gasteiger partial charge is 0.239 e. The molecule has 1 spiro atoms. The molecule has 4 rings (SSSR count). The number of benzene rings is 1. The summed E-state index contributed by atoms with van der Waals surface area (Å²) < 4.78 is 0. The van der Waals surface area contributed by atoms with Gasteiger partial charge in [-0.05, 0) is 88.2 Å². The predicted octanol–water partition coefficient (Wildman–Crippen LogP) is 3.75. The number of piperidine rings is 1. The number of anilines is 1. The third kappa shape index (κ3) is 4.35. The Morgan fingerprint density at radius 2 is 1.69 bits per heavy atom. The fraction of sp³-hybridized carbons (Fsp3) is 0.667. The molecule has 1 aromatic rings. The van der Waals surface area contributed by atoms with Crippen molar-refractivity contribution >= 4 is 17.5 Å². The Hall–Kier alpha value is -1.88. The lowest BCUT2D eigenvalue weighted by Crippen LogP contribution is -2.50. The fourth-order valence-corrected chi connectivity index (χ4v) is 5.49. The molecule has 2 atom stereocenters. The minimum Gasteiger partial charge on any atom is -0.341 e. The molecule has 29 heavy (non-hydrogen) atoms. The second kappa shape index (κ2) is 8.10. The monoisotopic (exact) mass is 397 g/mol. The molecule has 3 aliphatic rings. The van der Waals surface area contributed by atoms with Crippen molar-refractivity contribution in [1.82, 2.24) is 9.80 Å². The maximum atomic E-state index is 13.1. The zero-order valence-corrected chi connectivity index (χ0v) is 18.2. The standard InChI is InChI=1S/C24H35N3O2/c1-17-13-18(2)15-19(14-17)25-22(28)20-16-24(20)8-11-27(12-9-24)23(29)21-7-5-4-6-10-26(21)3/h13-15,20-21H,4-12,16H2,1-3H3,(H,25,28)/t20-,21+/m0/s1. The van der Waals surface area contributed by atoms with E-state index in [-0.39, 0.29) is 23.3 Å². The van der Waals surface area contributed by atoms with Crippen LogP contribution in [0.5, 0.6) is 0 Å². The molecule has 0 radical (unpaired) electrons. The number of rotatable bonds is 3. The van der Waals surface area contributed by atoms with Crippen LogP contribution in [0.25, 0.3) is 0 Å². The molecular formula is C24H35N3O2. The number of carbonyl (C=O) groups excluding carboxylic acids is 2. The number of nitrogens with one attached hydrogen (secondary N) is 1. The van der Waals surface area contributed by atoms with Crippen molar-refractivity contribution in [3.8, 4) is 0 Å². The summed E-state index contributed by atoms with van der Waals surface area (Å²) in [5.41, 5.74) is 3.36. The number of likely N-dealkylation sites (tertiary alicyclic amines) is 2. The minimum atomic E-state index is 0.0504. The summed E-state index contributed by atoms with van der Waals surface area (Å²) in [6.45, 7) is 6.74. The van der Waals surface area contributed by atoms with Crippen molar-refractivity contribution in [1.29, 1.82) is 0 Å².